The summed E-state index contributed by atoms with van der Waals surface area (Å²) in [6.07, 6.45) is 0.750. The Morgan fingerprint density at radius 1 is 1.09 bits per heavy atom. The van der Waals surface area contributed by atoms with Crippen LogP contribution < -0.4 is 5.32 Å². The van der Waals surface area contributed by atoms with Crippen LogP contribution >= 0.6 is 27.3 Å². The van der Waals surface area contributed by atoms with Crippen molar-refractivity contribution in [3.05, 3.63) is 70.3 Å². The van der Waals surface area contributed by atoms with Gasteiger partial charge in [-0.2, -0.15) is 4.98 Å². The predicted octanol–water partition coefficient (Wildman–Crippen LogP) is 4.89. The monoisotopic (exact) mass is 513 g/mol. The van der Waals surface area contributed by atoms with Crippen LogP contribution in [0.25, 0.3) is 22.2 Å². The first-order valence-corrected chi connectivity index (χ1v) is 11.0. The first kappa shape index (κ1) is 23.3. The molecule has 2 aromatic carbocycles. The molecule has 1 N–H and O–H groups in total. The van der Waals surface area contributed by atoms with E-state index in [-0.39, 0.29) is 5.91 Å². The first-order chi connectivity index (χ1) is 15.4. The Balaban J connectivity index is 0.000000523. The van der Waals surface area contributed by atoms with E-state index in [4.69, 9.17) is 4.52 Å². The smallest absolute Gasteiger partial charge is 0.270 e. The molecule has 2 amide bonds. The van der Waals surface area contributed by atoms with Gasteiger partial charge < -0.3 is 9.42 Å². The van der Waals surface area contributed by atoms with Crippen LogP contribution in [-0.4, -0.2) is 46.4 Å². The Bertz CT molecular complexity index is 1210. The topological polar surface area (TPSA) is 101 Å². The first-order valence-electron chi connectivity index (χ1n) is 9.43. The molecule has 10 heteroatoms. The number of aromatic nitrogens is 3. The van der Waals surface area contributed by atoms with Crippen molar-refractivity contribution in [3.8, 4) is 22.2 Å². The molecule has 0 spiro atoms. The molecule has 8 nitrogen and oxygen atoms in total. The van der Waals surface area contributed by atoms with Crippen LogP contribution in [0.1, 0.15) is 16.1 Å². The number of anilines is 1. The summed E-state index contributed by atoms with van der Waals surface area (Å²) in [6.45, 7) is 1.84. The van der Waals surface area contributed by atoms with E-state index in [1.165, 1.54) is 16.2 Å². The molecule has 0 aliphatic heterocycles. The number of thiazole rings is 1. The number of aryl methyl sites for hydroxylation is 1. The number of benzene rings is 2. The zero-order valence-electron chi connectivity index (χ0n) is 17.6. The summed E-state index contributed by atoms with van der Waals surface area (Å²) >= 11 is 4.68. The van der Waals surface area contributed by atoms with E-state index in [1.807, 2.05) is 55.5 Å². The minimum atomic E-state index is -0.238. The molecular formula is C22H20BrN5O3S. The van der Waals surface area contributed by atoms with Gasteiger partial charge in [-0.1, -0.05) is 59.0 Å². The fourth-order valence-corrected chi connectivity index (χ4v) is 3.83. The molecule has 0 aliphatic rings. The molecule has 0 radical (unpaired) electrons. The van der Waals surface area contributed by atoms with E-state index in [0.717, 1.165) is 21.3 Å². The van der Waals surface area contributed by atoms with Gasteiger partial charge in [-0.25, -0.2) is 4.98 Å². The van der Waals surface area contributed by atoms with Gasteiger partial charge in [0.25, 0.3) is 11.8 Å². The summed E-state index contributed by atoms with van der Waals surface area (Å²) in [7, 11) is 3.38. The summed E-state index contributed by atoms with van der Waals surface area (Å²) in [5.74, 6) is 0.653. The van der Waals surface area contributed by atoms with Gasteiger partial charge in [-0.15, -0.1) is 0 Å². The Labute approximate surface area is 197 Å². The molecule has 0 bridgehead atoms. The van der Waals surface area contributed by atoms with Crippen molar-refractivity contribution in [2.45, 2.75) is 6.92 Å². The number of hydrogen-bond donors (Lipinski definition) is 1. The lowest BCUT2D eigenvalue weighted by Gasteiger charge is -2.03. The molecule has 0 fully saturated rings. The summed E-state index contributed by atoms with van der Waals surface area (Å²) in [4.78, 5) is 32.9. The van der Waals surface area contributed by atoms with Gasteiger partial charge in [0.15, 0.2) is 5.13 Å². The van der Waals surface area contributed by atoms with Crippen LogP contribution in [0, 0.1) is 6.92 Å². The quantitative estimate of drug-likeness (QED) is 0.381. The second-order valence-corrected chi connectivity index (χ2v) is 8.58. The Kier molecular flexibility index (Phi) is 7.85. The van der Waals surface area contributed by atoms with Crippen molar-refractivity contribution in [2.75, 3.05) is 19.4 Å². The third-order valence-corrected chi connectivity index (χ3v) is 5.75. The zero-order valence-corrected chi connectivity index (χ0v) is 20.0. The normalized spacial score (nSPS) is 10.1. The highest BCUT2D eigenvalue weighted by atomic mass is 79.9. The fraction of sp³-hybridized carbons (Fsp3) is 0.136. The summed E-state index contributed by atoms with van der Waals surface area (Å²) in [5, 5.41) is 7.32. The Hall–Kier alpha value is -3.37. The van der Waals surface area contributed by atoms with Crippen LogP contribution in [0.4, 0.5) is 5.13 Å². The highest BCUT2D eigenvalue weighted by molar-refractivity contribution is 9.10. The lowest BCUT2D eigenvalue weighted by atomic mass is 10.2. The third-order valence-electron chi connectivity index (χ3n) is 4.00. The van der Waals surface area contributed by atoms with Gasteiger partial charge in [0.05, 0.1) is 11.3 Å². The SMILES string of the molecule is CN(C)C=O.Cc1nc(NC(=O)c2ccccc2Br)sc1-c1nc(-c2ccccc2)no1. The van der Waals surface area contributed by atoms with Crippen molar-refractivity contribution < 1.29 is 14.1 Å². The van der Waals surface area contributed by atoms with Crippen LogP contribution in [0.2, 0.25) is 0 Å². The van der Waals surface area contributed by atoms with Crippen LogP contribution in [0.3, 0.4) is 0 Å². The fourth-order valence-electron chi connectivity index (χ4n) is 2.48. The lowest BCUT2D eigenvalue weighted by molar-refractivity contribution is -0.115. The van der Waals surface area contributed by atoms with E-state index >= 15 is 0 Å². The van der Waals surface area contributed by atoms with Gasteiger partial charge in [0.2, 0.25) is 12.2 Å². The van der Waals surface area contributed by atoms with Crippen molar-refractivity contribution in [2.24, 2.45) is 0 Å². The molecule has 0 saturated carbocycles. The summed E-state index contributed by atoms with van der Waals surface area (Å²) in [5.41, 5.74) is 2.12. The number of carbonyl (C=O) groups excluding carboxylic acids is 2. The standard InChI is InChI=1S/C19H13BrN4O2S.C3H7NO/c1-11-15(18-22-16(24-26-18)12-7-3-2-4-8-12)27-19(21-11)23-17(25)13-9-5-6-10-14(13)20;1-4(2)3-5/h2-10H,1H3,(H,21,23,25);3H,1-2H3. The Morgan fingerprint density at radius 2 is 1.75 bits per heavy atom. The number of nitrogens with one attached hydrogen (secondary N) is 1. The van der Waals surface area contributed by atoms with E-state index in [1.54, 1.807) is 20.2 Å². The second kappa shape index (κ2) is 10.8. The molecule has 32 heavy (non-hydrogen) atoms. The van der Waals surface area contributed by atoms with Gasteiger partial charge in [-0.3, -0.25) is 14.9 Å². The third kappa shape index (κ3) is 5.86. The molecule has 2 aromatic heterocycles. The highest BCUT2D eigenvalue weighted by Gasteiger charge is 2.19. The van der Waals surface area contributed by atoms with E-state index in [2.05, 4.69) is 36.4 Å². The number of rotatable bonds is 5. The van der Waals surface area contributed by atoms with Crippen LogP contribution in [0.5, 0.6) is 0 Å². The van der Waals surface area contributed by atoms with Crippen LogP contribution in [-0.2, 0) is 4.79 Å². The highest BCUT2D eigenvalue weighted by Crippen LogP contribution is 2.33. The second-order valence-electron chi connectivity index (χ2n) is 6.73. The average Bonchev–Trinajstić information content (AvgIpc) is 3.41. The number of amides is 2. The number of hydrogen-bond acceptors (Lipinski definition) is 7. The zero-order chi connectivity index (χ0) is 23.1. The van der Waals surface area contributed by atoms with Crippen molar-refractivity contribution in [1.82, 2.24) is 20.0 Å². The maximum atomic E-state index is 12.5. The maximum Gasteiger partial charge on any atom is 0.270 e. The summed E-state index contributed by atoms with van der Waals surface area (Å²) < 4.78 is 6.12. The van der Waals surface area contributed by atoms with E-state index in [0.29, 0.717) is 28.1 Å². The molecule has 4 rings (SSSR count). The molecular weight excluding hydrogens is 494 g/mol. The van der Waals surface area contributed by atoms with Gasteiger partial charge >= 0.3 is 0 Å². The number of nitrogens with zero attached hydrogens (tertiary/aromatic N) is 4. The van der Waals surface area contributed by atoms with Crippen molar-refractivity contribution >= 4 is 44.7 Å². The van der Waals surface area contributed by atoms with E-state index in [9.17, 15) is 9.59 Å². The predicted molar refractivity (Wildman–Crippen MR) is 127 cm³/mol. The number of carbonyl (C=O) groups is 2. The molecule has 0 unspecified atom stereocenters. The van der Waals surface area contributed by atoms with Crippen molar-refractivity contribution in [3.63, 3.8) is 0 Å². The minimum absolute atomic E-state index is 0.238. The van der Waals surface area contributed by atoms with Crippen LogP contribution in [0.15, 0.2) is 63.6 Å². The Morgan fingerprint density at radius 3 is 2.41 bits per heavy atom. The average molecular weight is 514 g/mol. The molecule has 2 heterocycles. The maximum absolute atomic E-state index is 12.5. The minimum Gasteiger partial charge on any atom is -0.351 e. The molecule has 0 atom stereocenters. The van der Waals surface area contributed by atoms with Crippen molar-refractivity contribution in [1.29, 1.82) is 0 Å². The number of halogens is 1. The lowest BCUT2D eigenvalue weighted by Crippen LogP contribution is -2.12. The van der Waals surface area contributed by atoms with Gasteiger partial charge in [-0.05, 0) is 35.0 Å². The molecule has 0 aliphatic carbocycles. The summed E-state index contributed by atoms with van der Waals surface area (Å²) in [6, 6.07) is 16.8. The molecule has 164 valence electrons. The largest absolute Gasteiger partial charge is 0.351 e. The molecule has 0 saturated heterocycles. The van der Waals surface area contributed by atoms with Gasteiger partial charge in [0.1, 0.15) is 4.88 Å². The molecule has 4 aromatic rings. The van der Waals surface area contributed by atoms with E-state index < -0.39 is 0 Å². The van der Waals surface area contributed by atoms with Gasteiger partial charge in [0, 0.05) is 24.1 Å².